The average Bonchev–Trinajstić information content (AvgIpc) is 2.17. The summed E-state index contributed by atoms with van der Waals surface area (Å²) in [7, 11) is 0. The van der Waals surface area contributed by atoms with Gasteiger partial charge in [-0.1, -0.05) is 0 Å². The third-order valence-corrected chi connectivity index (χ3v) is 2.06. The Labute approximate surface area is 119 Å². The molecule has 78 valence electrons. The Kier molecular flexibility index (Phi) is 9.52. The molecule has 1 heterocycles. The normalized spacial score (nSPS) is 8.13. The molecule has 2 rings (SSSR count). The molecule has 0 saturated heterocycles. The molecule has 1 aromatic carbocycles. The van der Waals surface area contributed by atoms with Crippen molar-refractivity contribution in [3.63, 3.8) is 0 Å². The van der Waals surface area contributed by atoms with Crippen LogP contribution in [-0.4, -0.2) is 4.98 Å². The Bertz CT molecular complexity index is 408. The van der Waals surface area contributed by atoms with Crippen LogP contribution in [-0.2, 0) is 20.8 Å². The Balaban J connectivity index is 0. The number of fused-ring (bicyclic) bond motifs is 1. The predicted octanol–water partition coefficient (Wildman–Crippen LogP) is -6.91. The SMILES string of the molecule is [Cl-].[Cl-].[Cl-].[Ti+3][O]c1ccnc2ccccc12. The van der Waals surface area contributed by atoms with Crippen molar-refractivity contribution < 1.29 is 61.4 Å². The molecule has 0 amide bonds. The van der Waals surface area contributed by atoms with Gasteiger partial charge in [-0.05, 0) is 0 Å². The first-order valence-corrected chi connectivity index (χ1v) is 4.23. The zero-order valence-electron chi connectivity index (χ0n) is 7.45. The summed E-state index contributed by atoms with van der Waals surface area (Å²) in [5.41, 5.74) is 0.969. The summed E-state index contributed by atoms with van der Waals surface area (Å²) in [5.74, 6) is 0.876. The van der Waals surface area contributed by atoms with Crippen molar-refractivity contribution in [3.05, 3.63) is 36.5 Å². The fourth-order valence-corrected chi connectivity index (χ4v) is 1.44. The molecule has 0 radical (unpaired) electrons. The Morgan fingerprint density at radius 1 is 1.00 bits per heavy atom. The molecule has 0 unspecified atom stereocenters. The molecule has 15 heavy (non-hydrogen) atoms. The van der Waals surface area contributed by atoms with Crippen molar-refractivity contribution >= 4 is 10.9 Å². The van der Waals surface area contributed by atoms with Gasteiger partial charge in [-0.15, -0.1) is 0 Å². The molecule has 0 fully saturated rings. The molecule has 1 aromatic heterocycles. The third kappa shape index (κ3) is 3.82. The first kappa shape index (κ1) is 17.4. The maximum atomic E-state index is 5.19. The third-order valence-electron chi connectivity index (χ3n) is 1.72. The molecule has 0 spiro atoms. The number of nitrogens with zero attached hydrogens (tertiary/aromatic N) is 1. The fraction of sp³-hybridized carbons (Fsp3) is 0. The van der Waals surface area contributed by atoms with E-state index in [1.165, 1.54) is 0 Å². The number of pyridine rings is 1. The van der Waals surface area contributed by atoms with Gasteiger partial charge in [-0.25, -0.2) is 0 Å². The van der Waals surface area contributed by atoms with Gasteiger partial charge in [0.2, 0.25) is 0 Å². The first-order chi connectivity index (χ1) is 5.92. The van der Waals surface area contributed by atoms with Crippen molar-refractivity contribution in [2.75, 3.05) is 0 Å². The van der Waals surface area contributed by atoms with Crippen LogP contribution in [0.15, 0.2) is 36.5 Å². The average molecular weight is 298 g/mol. The van der Waals surface area contributed by atoms with E-state index in [0.29, 0.717) is 0 Å². The van der Waals surface area contributed by atoms with E-state index < -0.39 is 0 Å². The summed E-state index contributed by atoms with van der Waals surface area (Å²) in [6.45, 7) is 0. The number of halogens is 3. The van der Waals surface area contributed by atoms with Gasteiger partial charge < -0.3 is 37.2 Å². The second-order valence-corrected chi connectivity index (χ2v) is 2.75. The summed E-state index contributed by atoms with van der Waals surface area (Å²) in [6, 6.07) is 9.78. The fourth-order valence-electron chi connectivity index (χ4n) is 1.16. The van der Waals surface area contributed by atoms with E-state index in [0.717, 1.165) is 16.7 Å². The van der Waals surface area contributed by atoms with Gasteiger partial charge in [0.15, 0.2) is 0 Å². The number of aromatic nitrogens is 1. The summed E-state index contributed by atoms with van der Waals surface area (Å²) < 4.78 is 5.19. The molecular formula is C9H6Cl3NOTi. The maximum absolute atomic E-state index is 5.19. The number of hydrogen-bond donors (Lipinski definition) is 0. The van der Waals surface area contributed by atoms with Crippen molar-refractivity contribution in [3.8, 4) is 5.75 Å². The molecular weight excluding hydrogens is 292 g/mol. The second-order valence-electron chi connectivity index (χ2n) is 2.43. The van der Waals surface area contributed by atoms with Crippen LogP contribution >= 0.6 is 0 Å². The standard InChI is InChI=1S/C9H7NO.3ClH.Ti/c11-9-5-6-10-8-4-2-1-3-7(8)9;;;;/h1-6H,(H,10,11);3*1H;/q;;;;+4/p-4. The van der Waals surface area contributed by atoms with Gasteiger partial charge in [0, 0.05) is 0 Å². The van der Waals surface area contributed by atoms with Gasteiger partial charge in [-0.2, -0.15) is 0 Å². The number of rotatable bonds is 1. The monoisotopic (exact) mass is 297 g/mol. The predicted molar refractivity (Wildman–Crippen MR) is 42.4 cm³/mol. The van der Waals surface area contributed by atoms with Gasteiger partial charge in [-0.3, -0.25) is 0 Å². The van der Waals surface area contributed by atoms with E-state index in [9.17, 15) is 0 Å². The Morgan fingerprint density at radius 3 is 2.33 bits per heavy atom. The van der Waals surface area contributed by atoms with Gasteiger partial charge >= 0.3 is 82.3 Å². The summed E-state index contributed by atoms with van der Waals surface area (Å²) >= 11 is 1.67. The molecule has 2 aromatic rings. The number of benzene rings is 1. The molecule has 0 atom stereocenters. The van der Waals surface area contributed by atoms with Crippen LogP contribution in [0, 0.1) is 0 Å². The van der Waals surface area contributed by atoms with Crippen LogP contribution in [0.5, 0.6) is 5.75 Å². The minimum absolute atomic E-state index is 0. The minimum atomic E-state index is 0. The van der Waals surface area contributed by atoms with Crippen LogP contribution in [0.1, 0.15) is 0 Å². The van der Waals surface area contributed by atoms with Crippen LogP contribution in [0.2, 0.25) is 0 Å². The molecule has 0 aliphatic heterocycles. The summed E-state index contributed by atoms with van der Waals surface area (Å²) in [6.07, 6.45) is 1.75. The second kappa shape index (κ2) is 8.20. The van der Waals surface area contributed by atoms with E-state index in [2.05, 4.69) is 4.98 Å². The Morgan fingerprint density at radius 2 is 1.67 bits per heavy atom. The summed E-state index contributed by atoms with van der Waals surface area (Å²) in [4.78, 5) is 4.21. The Hall–Kier alpha value is 0.0143. The molecule has 0 saturated carbocycles. The first-order valence-electron chi connectivity index (χ1n) is 3.59. The van der Waals surface area contributed by atoms with E-state index in [4.69, 9.17) is 3.32 Å². The molecule has 0 aliphatic carbocycles. The molecule has 0 bridgehead atoms. The topological polar surface area (TPSA) is 22.1 Å². The van der Waals surface area contributed by atoms with Crippen LogP contribution in [0.3, 0.4) is 0 Å². The zero-order chi connectivity index (χ0) is 8.39. The molecule has 6 heteroatoms. The quantitative estimate of drug-likeness (QED) is 0.488. The van der Waals surface area contributed by atoms with Crippen LogP contribution in [0.4, 0.5) is 0 Å². The van der Waals surface area contributed by atoms with Crippen molar-refractivity contribution in [1.82, 2.24) is 4.98 Å². The van der Waals surface area contributed by atoms with E-state index in [1.807, 2.05) is 30.3 Å². The van der Waals surface area contributed by atoms with Gasteiger partial charge in [0.25, 0.3) is 0 Å². The van der Waals surface area contributed by atoms with E-state index in [1.54, 1.807) is 27.0 Å². The van der Waals surface area contributed by atoms with E-state index >= 15 is 0 Å². The van der Waals surface area contributed by atoms with Crippen LogP contribution < -0.4 is 40.5 Å². The van der Waals surface area contributed by atoms with Crippen molar-refractivity contribution in [1.29, 1.82) is 0 Å². The summed E-state index contributed by atoms with van der Waals surface area (Å²) in [5, 5.41) is 1.06. The zero-order valence-corrected chi connectivity index (χ0v) is 11.3. The molecule has 2 nitrogen and oxygen atoms in total. The number of hydrogen-bond acceptors (Lipinski definition) is 2. The van der Waals surface area contributed by atoms with Gasteiger partial charge in [0.1, 0.15) is 0 Å². The van der Waals surface area contributed by atoms with Crippen LogP contribution in [0.25, 0.3) is 10.9 Å². The van der Waals surface area contributed by atoms with Gasteiger partial charge in [0.05, 0.1) is 0 Å². The molecule has 0 N–H and O–H groups in total. The molecule has 0 aliphatic rings. The van der Waals surface area contributed by atoms with E-state index in [-0.39, 0.29) is 37.2 Å². The number of para-hydroxylation sites is 1. The van der Waals surface area contributed by atoms with Crippen molar-refractivity contribution in [2.45, 2.75) is 0 Å². The van der Waals surface area contributed by atoms with Crippen molar-refractivity contribution in [2.24, 2.45) is 0 Å².